The van der Waals surface area contributed by atoms with Crippen LogP contribution in [0.4, 0.5) is 0 Å². The number of aromatic nitrogens is 2. The van der Waals surface area contributed by atoms with Gasteiger partial charge in [-0.1, -0.05) is 19.8 Å². The van der Waals surface area contributed by atoms with E-state index in [4.69, 9.17) is 9.73 Å². The van der Waals surface area contributed by atoms with Gasteiger partial charge in [-0.3, -0.25) is 4.99 Å². The smallest absolute Gasteiger partial charge is 0.194 e. The zero-order chi connectivity index (χ0) is 19.8. The molecule has 6 nitrogen and oxygen atoms in total. The molecule has 0 aromatic carbocycles. The molecule has 1 saturated carbocycles. The Morgan fingerprint density at radius 3 is 2.82 bits per heavy atom. The van der Waals surface area contributed by atoms with Gasteiger partial charge < -0.3 is 19.5 Å². The summed E-state index contributed by atoms with van der Waals surface area (Å²) in [6.07, 6.45) is 13.5. The number of nitrogens with one attached hydrogen (secondary N) is 1. The number of hydrogen-bond donors (Lipinski definition) is 1. The van der Waals surface area contributed by atoms with Crippen molar-refractivity contribution in [2.24, 2.45) is 16.3 Å². The topological polar surface area (TPSA) is 54.7 Å². The number of hydrogen-bond acceptors (Lipinski definition) is 3. The highest BCUT2D eigenvalue weighted by molar-refractivity contribution is 5.80. The highest BCUT2D eigenvalue weighted by Gasteiger charge is 2.34. The molecular formula is C22H39N5O. The van der Waals surface area contributed by atoms with E-state index in [-0.39, 0.29) is 0 Å². The number of nitrogens with zero attached hydrogens (tertiary/aromatic N) is 4. The molecule has 2 atom stereocenters. The molecule has 1 aromatic heterocycles. The van der Waals surface area contributed by atoms with Crippen molar-refractivity contribution < 1.29 is 4.74 Å². The second-order valence-corrected chi connectivity index (χ2v) is 8.61. The van der Waals surface area contributed by atoms with Gasteiger partial charge in [0.15, 0.2) is 5.96 Å². The van der Waals surface area contributed by atoms with E-state index in [2.05, 4.69) is 46.7 Å². The molecular weight excluding hydrogens is 350 g/mol. The maximum absolute atomic E-state index is 5.68. The summed E-state index contributed by atoms with van der Waals surface area (Å²) in [7, 11) is 0. The minimum Gasteiger partial charge on any atom is -0.382 e. The minimum atomic E-state index is 0.336. The fourth-order valence-electron chi connectivity index (χ4n) is 4.81. The summed E-state index contributed by atoms with van der Waals surface area (Å²) in [6.45, 7) is 12.2. The number of guanidine groups is 1. The molecule has 2 heterocycles. The van der Waals surface area contributed by atoms with Crippen LogP contribution >= 0.6 is 0 Å². The van der Waals surface area contributed by atoms with Crippen molar-refractivity contribution in [1.82, 2.24) is 19.8 Å². The Balaban J connectivity index is 1.69. The lowest BCUT2D eigenvalue weighted by molar-refractivity contribution is 0.106. The van der Waals surface area contributed by atoms with E-state index < -0.39 is 0 Å². The van der Waals surface area contributed by atoms with Crippen molar-refractivity contribution in [2.75, 3.05) is 39.4 Å². The molecule has 0 radical (unpaired) electrons. The predicted molar refractivity (Wildman–Crippen MR) is 115 cm³/mol. The summed E-state index contributed by atoms with van der Waals surface area (Å²) in [6, 6.07) is 0.457. The van der Waals surface area contributed by atoms with Crippen molar-refractivity contribution in [3.63, 3.8) is 0 Å². The molecule has 2 aliphatic rings. The van der Waals surface area contributed by atoms with Crippen molar-refractivity contribution in [3.8, 4) is 0 Å². The zero-order valence-corrected chi connectivity index (χ0v) is 18.1. The maximum atomic E-state index is 5.68. The average molecular weight is 390 g/mol. The Labute approximate surface area is 170 Å². The van der Waals surface area contributed by atoms with E-state index in [1.54, 1.807) is 0 Å². The van der Waals surface area contributed by atoms with E-state index >= 15 is 0 Å². The molecule has 1 N–H and O–H groups in total. The number of likely N-dealkylation sites (tertiary alicyclic amines) is 1. The van der Waals surface area contributed by atoms with Crippen LogP contribution in [0.15, 0.2) is 23.7 Å². The van der Waals surface area contributed by atoms with Gasteiger partial charge >= 0.3 is 0 Å². The number of ether oxygens (including phenoxy) is 1. The van der Waals surface area contributed by atoms with E-state index in [0.717, 1.165) is 51.8 Å². The maximum Gasteiger partial charge on any atom is 0.194 e. The van der Waals surface area contributed by atoms with Crippen LogP contribution in [0.3, 0.4) is 0 Å². The highest BCUT2D eigenvalue weighted by atomic mass is 16.5. The first-order valence-electron chi connectivity index (χ1n) is 11.3. The van der Waals surface area contributed by atoms with Gasteiger partial charge in [-0.25, -0.2) is 4.98 Å². The number of imidazole rings is 1. The van der Waals surface area contributed by atoms with Crippen molar-refractivity contribution in [1.29, 1.82) is 0 Å². The number of rotatable bonds is 8. The third kappa shape index (κ3) is 5.28. The second-order valence-electron chi connectivity index (χ2n) is 8.61. The van der Waals surface area contributed by atoms with Crippen LogP contribution in [0.1, 0.15) is 65.3 Å². The Kier molecular flexibility index (Phi) is 7.77. The molecule has 0 spiro atoms. The molecule has 1 aliphatic carbocycles. The van der Waals surface area contributed by atoms with Crippen LogP contribution in [0.25, 0.3) is 0 Å². The third-order valence-corrected chi connectivity index (χ3v) is 6.67. The van der Waals surface area contributed by atoms with Gasteiger partial charge in [0, 0.05) is 51.8 Å². The Bertz CT molecular complexity index is 594. The Hall–Kier alpha value is -1.56. The first-order valence-corrected chi connectivity index (χ1v) is 11.3. The lowest BCUT2D eigenvalue weighted by atomic mass is 9.83. The SMILES string of the molecule is CCNC(=NCC1(CCOCC)CCCC1)N1CCC(C)C(n2ccnc2)C1. The average Bonchev–Trinajstić information content (AvgIpc) is 3.39. The first-order chi connectivity index (χ1) is 13.7. The molecule has 3 rings (SSSR count). The van der Waals surface area contributed by atoms with Gasteiger partial charge in [0.2, 0.25) is 0 Å². The van der Waals surface area contributed by atoms with E-state index in [9.17, 15) is 0 Å². The van der Waals surface area contributed by atoms with Gasteiger partial charge in [-0.05, 0) is 50.9 Å². The monoisotopic (exact) mass is 389 g/mol. The normalized spacial score (nSPS) is 25.2. The first kappa shape index (κ1) is 21.2. The van der Waals surface area contributed by atoms with Gasteiger partial charge in [0.1, 0.15) is 0 Å². The number of piperidine rings is 1. The van der Waals surface area contributed by atoms with Crippen LogP contribution in [0.5, 0.6) is 0 Å². The van der Waals surface area contributed by atoms with Crippen molar-refractivity contribution in [2.45, 2.75) is 65.3 Å². The number of aliphatic imine (C=N–C) groups is 1. The lowest BCUT2D eigenvalue weighted by Crippen LogP contribution is -2.49. The lowest BCUT2D eigenvalue weighted by Gasteiger charge is -2.39. The summed E-state index contributed by atoms with van der Waals surface area (Å²) in [4.78, 5) is 11.9. The van der Waals surface area contributed by atoms with E-state index in [1.165, 1.54) is 32.1 Å². The summed E-state index contributed by atoms with van der Waals surface area (Å²) in [5.41, 5.74) is 0.336. The molecule has 1 aromatic rings. The van der Waals surface area contributed by atoms with Crippen molar-refractivity contribution >= 4 is 5.96 Å². The van der Waals surface area contributed by atoms with Crippen LogP contribution in [0, 0.1) is 11.3 Å². The molecule has 0 bridgehead atoms. The van der Waals surface area contributed by atoms with Gasteiger partial charge in [0.05, 0.1) is 12.4 Å². The van der Waals surface area contributed by atoms with Crippen LogP contribution < -0.4 is 5.32 Å². The molecule has 1 aliphatic heterocycles. The van der Waals surface area contributed by atoms with Crippen LogP contribution in [-0.2, 0) is 4.74 Å². The quantitative estimate of drug-likeness (QED) is 0.418. The largest absolute Gasteiger partial charge is 0.382 e. The summed E-state index contributed by atoms with van der Waals surface area (Å²) in [5, 5.41) is 3.56. The standard InChI is InChI=1S/C22H39N5O/c1-4-24-21(25-17-22(9-6-7-10-22)11-15-28-5-2)26-13-8-19(3)20(16-26)27-14-12-23-18-27/h12,14,18-20H,4-11,13,15-17H2,1-3H3,(H,24,25). The summed E-state index contributed by atoms with van der Waals surface area (Å²) >= 11 is 0. The third-order valence-electron chi connectivity index (χ3n) is 6.67. The van der Waals surface area contributed by atoms with Crippen LogP contribution in [-0.4, -0.2) is 59.8 Å². The highest BCUT2D eigenvalue weighted by Crippen LogP contribution is 2.41. The fraction of sp³-hybridized carbons (Fsp3) is 0.818. The summed E-state index contributed by atoms with van der Waals surface area (Å²) in [5.74, 6) is 1.74. The van der Waals surface area contributed by atoms with Gasteiger partial charge in [-0.15, -0.1) is 0 Å². The summed E-state index contributed by atoms with van der Waals surface area (Å²) < 4.78 is 7.94. The Morgan fingerprint density at radius 2 is 2.14 bits per heavy atom. The molecule has 1 saturated heterocycles. The van der Waals surface area contributed by atoms with Gasteiger partial charge in [-0.2, -0.15) is 0 Å². The van der Waals surface area contributed by atoms with Crippen molar-refractivity contribution in [3.05, 3.63) is 18.7 Å². The molecule has 6 heteroatoms. The predicted octanol–water partition coefficient (Wildman–Crippen LogP) is 3.72. The van der Waals surface area contributed by atoms with E-state index in [1.807, 2.05) is 12.5 Å². The second kappa shape index (κ2) is 10.3. The molecule has 2 fully saturated rings. The molecule has 2 unspecified atom stereocenters. The van der Waals surface area contributed by atoms with E-state index in [0.29, 0.717) is 17.4 Å². The molecule has 158 valence electrons. The Morgan fingerprint density at radius 1 is 1.32 bits per heavy atom. The minimum absolute atomic E-state index is 0.336. The molecule has 28 heavy (non-hydrogen) atoms. The van der Waals surface area contributed by atoms with Crippen LogP contribution in [0.2, 0.25) is 0 Å². The fourth-order valence-corrected chi connectivity index (χ4v) is 4.81. The molecule has 0 amide bonds. The van der Waals surface area contributed by atoms with Gasteiger partial charge in [0.25, 0.3) is 0 Å². The zero-order valence-electron chi connectivity index (χ0n) is 18.1.